The number of nitrogens with zero attached hydrogens (tertiary/aromatic N) is 2. The third-order valence-electron chi connectivity index (χ3n) is 4.33. The van der Waals surface area contributed by atoms with Crippen LogP contribution in [-0.4, -0.2) is 37.4 Å². The number of thiazole rings is 1. The zero-order valence-electron chi connectivity index (χ0n) is 14.3. The molecule has 136 valence electrons. The van der Waals surface area contributed by atoms with Crippen LogP contribution in [0.15, 0.2) is 28.5 Å². The van der Waals surface area contributed by atoms with Gasteiger partial charge in [-0.1, -0.05) is 23.7 Å². The Hall–Kier alpha value is -0.990. The van der Waals surface area contributed by atoms with E-state index in [-0.39, 0.29) is 6.04 Å². The van der Waals surface area contributed by atoms with Gasteiger partial charge in [0.05, 0.1) is 10.7 Å². The molecule has 0 spiro atoms. The average molecular weight is 400 g/mol. The third kappa shape index (κ3) is 4.80. The second-order valence-corrected chi connectivity index (χ2v) is 9.95. The lowest BCUT2D eigenvalue weighted by Gasteiger charge is -2.32. The number of hydrogen-bond acceptors (Lipinski definition) is 5. The van der Waals surface area contributed by atoms with E-state index in [0.29, 0.717) is 9.90 Å². The van der Waals surface area contributed by atoms with Crippen molar-refractivity contribution in [3.8, 4) is 0 Å². The second kappa shape index (κ2) is 7.72. The third-order valence-corrected chi connectivity index (χ3v) is 7.79. The quantitative estimate of drug-likeness (QED) is 0.837. The van der Waals surface area contributed by atoms with Gasteiger partial charge in [-0.05, 0) is 44.4 Å². The molecule has 25 heavy (non-hydrogen) atoms. The van der Waals surface area contributed by atoms with Crippen molar-refractivity contribution in [1.82, 2.24) is 14.6 Å². The van der Waals surface area contributed by atoms with E-state index in [2.05, 4.69) is 14.6 Å². The average Bonchev–Trinajstić information content (AvgIpc) is 2.91. The summed E-state index contributed by atoms with van der Waals surface area (Å²) in [6, 6.07) is 7.85. The summed E-state index contributed by atoms with van der Waals surface area (Å²) in [6.07, 6.45) is 1.62. The van der Waals surface area contributed by atoms with Crippen LogP contribution in [-0.2, 0) is 16.6 Å². The molecule has 1 aromatic heterocycles. The van der Waals surface area contributed by atoms with Crippen molar-refractivity contribution in [2.24, 2.45) is 0 Å². The maximum Gasteiger partial charge on any atom is 0.252 e. The Morgan fingerprint density at radius 3 is 2.44 bits per heavy atom. The van der Waals surface area contributed by atoms with Crippen LogP contribution in [0.1, 0.15) is 29.1 Å². The van der Waals surface area contributed by atoms with Crippen LogP contribution in [0.5, 0.6) is 0 Å². The zero-order valence-corrected chi connectivity index (χ0v) is 16.7. The van der Waals surface area contributed by atoms with E-state index >= 15 is 0 Å². The maximum atomic E-state index is 12.6. The van der Waals surface area contributed by atoms with Crippen molar-refractivity contribution in [3.63, 3.8) is 0 Å². The molecule has 0 bridgehead atoms. The van der Waals surface area contributed by atoms with Gasteiger partial charge in [-0.15, -0.1) is 11.3 Å². The summed E-state index contributed by atoms with van der Waals surface area (Å²) in [5.74, 6) is 0. The number of sulfonamides is 1. The van der Waals surface area contributed by atoms with Gasteiger partial charge in [0.2, 0.25) is 0 Å². The number of likely N-dealkylation sites (tertiary alicyclic amines) is 1. The van der Waals surface area contributed by atoms with Crippen molar-refractivity contribution < 1.29 is 8.42 Å². The van der Waals surface area contributed by atoms with E-state index in [1.54, 1.807) is 6.92 Å². The molecule has 1 N–H and O–H groups in total. The smallest absolute Gasteiger partial charge is 0.252 e. The molecular formula is C17H22ClN3O2S2. The minimum atomic E-state index is -3.48. The van der Waals surface area contributed by atoms with E-state index in [1.165, 1.54) is 16.9 Å². The molecule has 2 aromatic rings. The highest BCUT2D eigenvalue weighted by molar-refractivity contribution is 7.91. The summed E-state index contributed by atoms with van der Waals surface area (Å²) >= 11 is 7.15. The summed E-state index contributed by atoms with van der Waals surface area (Å²) < 4.78 is 28.3. The standard InChI is InChI=1S/C17H22ClN3O2S2/c1-12-17(24-13(2)19-12)25(22,23)20-16-7-9-21(10-8-16)11-14-3-5-15(18)6-4-14/h3-6,16,20H,7-11H2,1-2H3. The molecule has 1 aromatic carbocycles. The lowest BCUT2D eigenvalue weighted by Crippen LogP contribution is -2.44. The second-order valence-electron chi connectivity index (χ2n) is 6.40. The number of benzene rings is 1. The first-order chi connectivity index (χ1) is 11.8. The highest BCUT2D eigenvalue weighted by Crippen LogP contribution is 2.24. The highest BCUT2D eigenvalue weighted by Gasteiger charge is 2.27. The minimum absolute atomic E-state index is 0.0201. The van der Waals surface area contributed by atoms with Gasteiger partial charge in [-0.3, -0.25) is 4.90 Å². The van der Waals surface area contributed by atoms with Gasteiger partial charge in [0.25, 0.3) is 10.0 Å². The lowest BCUT2D eigenvalue weighted by atomic mass is 10.1. The Morgan fingerprint density at radius 2 is 1.88 bits per heavy atom. The molecule has 1 aliphatic heterocycles. The van der Waals surface area contributed by atoms with Crippen LogP contribution in [0, 0.1) is 13.8 Å². The number of rotatable bonds is 5. The predicted octanol–water partition coefficient (Wildman–Crippen LogP) is 3.36. The van der Waals surface area contributed by atoms with Gasteiger partial charge in [0, 0.05) is 30.7 Å². The van der Waals surface area contributed by atoms with Gasteiger partial charge in [-0.2, -0.15) is 0 Å². The van der Waals surface area contributed by atoms with Crippen molar-refractivity contribution >= 4 is 33.0 Å². The van der Waals surface area contributed by atoms with Crippen molar-refractivity contribution in [2.45, 2.75) is 43.5 Å². The zero-order chi connectivity index (χ0) is 18.0. The lowest BCUT2D eigenvalue weighted by molar-refractivity contribution is 0.200. The van der Waals surface area contributed by atoms with Crippen molar-refractivity contribution in [1.29, 1.82) is 0 Å². The topological polar surface area (TPSA) is 62.3 Å². The summed E-state index contributed by atoms with van der Waals surface area (Å²) in [4.78, 5) is 6.56. The molecule has 0 saturated carbocycles. The molecule has 0 atom stereocenters. The van der Waals surface area contributed by atoms with Crippen LogP contribution in [0.4, 0.5) is 0 Å². The number of aryl methyl sites for hydroxylation is 2. The van der Waals surface area contributed by atoms with Crippen molar-refractivity contribution in [3.05, 3.63) is 45.6 Å². The fraction of sp³-hybridized carbons (Fsp3) is 0.471. The summed E-state index contributed by atoms with van der Waals surface area (Å²) in [5.41, 5.74) is 1.80. The van der Waals surface area contributed by atoms with Crippen LogP contribution in [0.3, 0.4) is 0 Å². The van der Waals surface area contributed by atoms with E-state index in [4.69, 9.17) is 11.6 Å². The first kappa shape index (κ1) is 18.8. The molecule has 5 nitrogen and oxygen atoms in total. The Bertz CT molecular complexity index is 826. The van der Waals surface area contributed by atoms with Crippen LogP contribution in [0.25, 0.3) is 0 Å². The van der Waals surface area contributed by atoms with Crippen LogP contribution in [0.2, 0.25) is 5.02 Å². The maximum absolute atomic E-state index is 12.6. The number of hydrogen-bond donors (Lipinski definition) is 1. The van der Waals surface area contributed by atoms with Gasteiger partial charge in [-0.25, -0.2) is 18.1 Å². The van der Waals surface area contributed by atoms with E-state index in [0.717, 1.165) is 42.5 Å². The van der Waals surface area contributed by atoms with E-state index in [1.807, 2.05) is 31.2 Å². The molecule has 8 heteroatoms. The van der Waals surface area contributed by atoms with Crippen molar-refractivity contribution in [2.75, 3.05) is 13.1 Å². The summed E-state index contributed by atoms with van der Waals surface area (Å²) in [6.45, 7) is 6.18. The first-order valence-electron chi connectivity index (χ1n) is 8.26. The van der Waals surface area contributed by atoms with Gasteiger partial charge in [0.15, 0.2) is 4.21 Å². The molecule has 1 fully saturated rings. The van der Waals surface area contributed by atoms with Gasteiger partial charge >= 0.3 is 0 Å². The normalized spacial score (nSPS) is 17.1. The SMILES string of the molecule is Cc1nc(C)c(S(=O)(=O)NC2CCN(Cc3ccc(Cl)cc3)CC2)s1. The molecule has 1 aliphatic rings. The Morgan fingerprint density at radius 1 is 1.24 bits per heavy atom. The molecular weight excluding hydrogens is 378 g/mol. The van der Waals surface area contributed by atoms with Crippen LogP contribution < -0.4 is 4.72 Å². The fourth-order valence-electron chi connectivity index (χ4n) is 3.09. The molecule has 0 unspecified atom stereocenters. The molecule has 0 aliphatic carbocycles. The Labute approximate surface area is 158 Å². The molecule has 1 saturated heterocycles. The van der Waals surface area contributed by atoms with E-state index < -0.39 is 10.0 Å². The first-order valence-corrected chi connectivity index (χ1v) is 10.9. The number of piperidine rings is 1. The molecule has 3 rings (SSSR count). The monoisotopic (exact) mass is 399 g/mol. The Kier molecular flexibility index (Phi) is 5.80. The Balaban J connectivity index is 1.55. The molecule has 0 radical (unpaired) electrons. The molecule has 0 amide bonds. The number of nitrogens with one attached hydrogen (secondary N) is 1. The van der Waals surface area contributed by atoms with E-state index in [9.17, 15) is 8.42 Å². The summed E-state index contributed by atoms with van der Waals surface area (Å²) in [7, 11) is -3.48. The summed E-state index contributed by atoms with van der Waals surface area (Å²) in [5, 5.41) is 1.51. The fourth-order valence-corrected chi connectivity index (χ4v) is 6.02. The predicted molar refractivity (Wildman–Crippen MR) is 102 cm³/mol. The van der Waals surface area contributed by atoms with Crippen LogP contribution >= 0.6 is 22.9 Å². The van der Waals surface area contributed by atoms with Gasteiger partial charge in [0.1, 0.15) is 0 Å². The number of halogens is 1. The highest BCUT2D eigenvalue weighted by atomic mass is 35.5. The minimum Gasteiger partial charge on any atom is -0.299 e. The van der Waals surface area contributed by atoms with Gasteiger partial charge < -0.3 is 0 Å². The molecule has 2 heterocycles. The largest absolute Gasteiger partial charge is 0.299 e. The number of aromatic nitrogens is 1.